The second-order valence-corrected chi connectivity index (χ2v) is 5.17. The highest BCUT2D eigenvalue weighted by Crippen LogP contribution is 2.27. The van der Waals surface area contributed by atoms with Gasteiger partial charge in [0.2, 0.25) is 0 Å². The van der Waals surface area contributed by atoms with E-state index in [4.69, 9.17) is 4.74 Å². The Morgan fingerprint density at radius 1 is 1.37 bits per heavy atom. The fourth-order valence-electron chi connectivity index (χ4n) is 1.94. The number of rotatable bonds is 6. The monoisotopic (exact) mass is 324 g/mol. The standard InChI is InChI=1S/C14H17BrN2O2/c1-19-9-10(18)5-7-16-14-12-3-2-4-13(15)11(12)6-8-17-14/h2-4,6,8,10,18H,5,7,9H2,1H3,(H,16,17). The summed E-state index contributed by atoms with van der Waals surface area (Å²) in [4.78, 5) is 4.35. The number of anilines is 1. The smallest absolute Gasteiger partial charge is 0.133 e. The first kappa shape index (κ1) is 14.2. The second kappa shape index (κ2) is 6.84. The highest BCUT2D eigenvalue weighted by molar-refractivity contribution is 9.10. The van der Waals surface area contributed by atoms with Crippen LogP contribution in [0.2, 0.25) is 0 Å². The lowest BCUT2D eigenvalue weighted by Gasteiger charge is -2.12. The van der Waals surface area contributed by atoms with Gasteiger partial charge in [-0.2, -0.15) is 0 Å². The van der Waals surface area contributed by atoms with Gasteiger partial charge < -0.3 is 15.2 Å². The van der Waals surface area contributed by atoms with Crippen molar-refractivity contribution in [2.75, 3.05) is 25.6 Å². The number of nitrogens with zero attached hydrogens (tertiary/aromatic N) is 1. The van der Waals surface area contributed by atoms with Gasteiger partial charge in [-0.25, -0.2) is 4.98 Å². The minimum atomic E-state index is -0.445. The van der Waals surface area contributed by atoms with Crippen LogP contribution in [0, 0.1) is 0 Å². The fourth-order valence-corrected chi connectivity index (χ4v) is 2.44. The van der Waals surface area contributed by atoms with E-state index in [1.54, 1.807) is 13.3 Å². The maximum Gasteiger partial charge on any atom is 0.133 e. The number of nitrogens with one attached hydrogen (secondary N) is 1. The average molecular weight is 325 g/mol. The zero-order valence-corrected chi connectivity index (χ0v) is 12.4. The molecule has 1 unspecified atom stereocenters. The third kappa shape index (κ3) is 3.65. The Labute approximate surface area is 120 Å². The molecule has 102 valence electrons. The van der Waals surface area contributed by atoms with E-state index in [1.807, 2.05) is 24.3 Å². The van der Waals surface area contributed by atoms with Gasteiger partial charge in [0.25, 0.3) is 0 Å². The normalized spacial score (nSPS) is 12.6. The van der Waals surface area contributed by atoms with Gasteiger partial charge in [-0.3, -0.25) is 0 Å². The predicted molar refractivity (Wildman–Crippen MR) is 80.4 cm³/mol. The Morgan fingerprint density at radius 3 is 3.00 bits per heavy atom. The minimum absolute atomic E-state index is 0.357. The third-order valence-corrected chi connectivity index (χ3v) is 3.57. The van der Waals surface area contributed by atoms with E-state index >= 15 is 0 Å². The number of benzene rings is 1. The number of fused-ring (bicyclic) bond motifs is 1. The maximum atomic E-state index is 9.59. The molecule has 0 aliphatic rings. The first-order chi connectivity index (χ1) is 9.22. The van der Waals surface area contributed by atoms with Crippen LogP contribution < -0.4 is 5.32 Å². The van der Waals surface area contributed by atoms with Gasteiger partial charge >= 0.3 is 0 Å². The van der Waals surface area contributed by atoms with Crippen molar-refractivity contribution in [3.05, 3.63) is 34.9 Å². The lowest BCUT2D eigenvalue weighted by Crippen LogP contribution is -2.18. The molecule has 4 nitrogen and oxygen atoms in total. The van der Waals surface area contributed by atoms with Gasteiger partial charge in [0, 0.05) is 35.1 Å². The molecule has 19 heavy (non-hydrogen) atoms. The molecule has 1 aromatic carbocycles. The van der Waals surface area contributed by atoms with Crippen molar-refractivity contribution in [2.45, 2.75) is 12.5 Å². The Morgan fingerprint density at radius 2 is 2.21 bits per heavy atom. The van der Waals surface area contributed by atoms with Crippen LogP contribution in [0.25, 0.3) is 10.8 Å². The highest BCUT2D eigenvalue weighted by atomic mass is 79.9. The van der Waals surface area contributed by atoms with Crippen LogP contribution in [0.3, 0.4) is 0 Å². The Bertz CT molecular complexity index is 548. The van der Waals surface area contributed by atoms with Gasteiger partial charge in [-0.15, -0.1) is 0 Å². The SMILES string of the molecule is COCC(O)CCNc1nccc2c(Br)cccc12. The molecular weight excluding hydrogens is 308 g/mol. The zero-order chi connectivity index (χ0) is 13.7. The molecule has 0 radical (unpaired) electrons. The number of hydrogen-bond acceptors (Lipinski definition) is 4. The van der Waals surface area contributed by atoms with Crippen molar-refractivity contribution >= 4 is 32.5 Å². The Hall–Kier alpha value is -1.17. The summed E-state index contributed by atoms with van der Waals surface area (Å²) < 4.78 is 5.94. The van der Waals surface area contributed by atoms with Gasteiger partial charge in [0.1, 0.15) is 5.82 Å². The topological polar surface area (TPSA) is 54.4 Å². The second-order valence-electron chi connectivity index (χ2n) is 4.32. The molecule has 0 fully saturated rings. The molecule has 1 heterocycles. The summed E-state index contributed by atoms with van der Waals surface area (Å²) in [5.41, 5.74) is 0. The fraction of sp³-hybridized carbons (Fsp3) is 0.357. The van der Waals surface area contributed by atoms with E-state index in [1.165, 1.54) is 0 Å². The minimum Gasteiger partial charge on any atom is -0.391 e. The molecule has 0 amide bonds. The van der Waals surface area contributed by atoms with Crippen molar-refractivity contribution in [3.63, 3.8) is 0 Å². The summed E-state index contributed by atoms with van der Waals surface area (Å²) in [6.45, 7) is 1.01. The van der Waals surface area contributed by atoms with Crippen LogP contribution in [0.5, 0.6) is 0 Å². The van der Waals surface area contributed by atoms with Gasteiger partial charge in [-0.05, 0) is 18.6 Å². The van der Waals surface area contributed by atoms with Gasteiger partial charge in [-0.1, -0.05) is 28.1 Å². The molecule has 5 heteroatoms. The molecule has 0 aliphatic heterocycles. The van der Waals surface area contributed by atoms with Crippen molar-refractivity contribution in [2.24, 2.45) is 0 Å². The number of ether oxygens (including phenoxy) is 1. The number of halogens is 1. The van der Waals surface area contributed by atoms with Gasteiger partial charge in [0.05, 0.1) is 12.7 Å². The summed E-state index contributed by atoms with van der Waals surface area (Å²) in [5, 5.41) is 15.0. The van der Waals surface area contributed by atoms with E-state index in [2.05, 4.69) is 26.2 Å². The molecule has 1 aromatic heterocycles. The third-order valence-electron chi connectivity index (χ3n) is 2.88. The molecule has 0 spiro atoms. The van der Waals surface area contributed by atoms with E-state index < -0.39 is 6.10 Å². The molecule has 0 saturated heterocycles. The van der Waals surface area contributed by atoms with Crippen LogP contribution in [-0.2, 0) is 4.74 Å². The van der Waals surface area contributed by atoms with Crippen molar-refractivity contribution in [3.8, 4) is 0 Å². The highest BCUT2D eigenvalue weighted by Gasteiger charge is 2.06. The molecule has 0 bridgehead atoms. The first-order valence-corrected chi connectivity index (χ1v) is 6.95. The quantitative estimate of drug-likeness (QED) is 0.857. The lowest BCUT2D eigenvalue weighted by molar-refractivity contribution is 0.0615. The van der Waals surface area contributed by atoms with E-state index in [0.717, 1.165) is 21.1 Å². The maximum absolute atomic E-state index is 9.59. The summed E-state index contributed by atoms with van der Waals surface area (Å²) >= 11 is 3.53. The number of aromatic nitrogens is 1. The van der Waals surface area contributed by atoms with Crippen molar-refractivity contribution in [1.82, 2.24) is 4.98 Å². The lowest BCUT2D eigenvalue weighted by atomic mass is 10.1. The summed E-state index contributed by atoms with van der Waals surface area (Å²) in [5.74, 6) is 0.836. The van der Waals surface area contributed by atoms with Crippen molar-refractivity contribution in [1.29, 1.82) is 0 Å². The molecule has 0 aliphatic carbocycles. The van der Waals surface area contributed by atoms with Gasteiger partial charge in [0.15, 0.2) is 0 Å². The Balaban J connectivity index is 2.07. The van der Waals surface area contributed by atoms with Crippen LogP contribution in [0.1, 0.15) is 6.42 Å². The van der Waals surface area contributed by atoms with E-state index in [9.17, 15) is 5.11 Å². The summed E-state index contributed by atoms with van der Waals surface area (Å²) in [7, 11) is 1.58. The summed E-state index contributed by atoms with van der Waals surface area (Å²) in [6, 6.07) is 8.00. The van der Waals surface area contributed by atoms with Crippen LogP contribution in [0.15, 0.2) is 34.9 Å². The largest absolute Gasteiger partial charge is 0.391 e. The number of hydrogen-bond donors (Lipinski definition) is 2. The number of pyridine rings is 1. The number of methoxy groups -OCH3 is 1. The van der Waals surface area contributed by atoms with Crippen LogP contribution in [-0.4, -0.2) is 36.5 Å². The number of aliphatic hydroxyl groups is 1. The van der Waals surface area contributed by atoms with Crippen LogP contribution in [0.4, 0.5) is 5.82 Å². The molecule has 2 aromatic rings. The zero-order valence-electron chi connectivity index (χ0n) is 10.8. The van der Waals surface area contributed by atoms with Crippen LogP contribution >= 0.6 is 15.9 Å². The first-order valence-electron chi connectivity index (χ1n) is 6.16. The predicted octanol–water partition coefficient (Wildman–Crippen LogP) is 2.81. The average Bonchev–Trinajstić information content (AvgIpc) is 2.40. The molecule has 2 N–H and O–H groups in total. The van der Waals surface area contributed by atoms with E-state index in [-0.39, 0.29) is 0 Å². The molecule has 2 rings (SSSR count). The van der Waals surface area contributed by atoms with Crippen molar-refractivity contribution < 1.29 is 9.84 Å². The molecule has 0 saturated carbocycles. The molecular formula is C14H17BrN2O2. The summed E-state index contributed by atoms with van der Waals surface area (Å²) in [6.07, 6.45) is 1.96. The molecule has 1 atom stereocenters. The van der Waals surface area contributed by atoms with E-state index in [0.29, 0.717) is 19.6 Å². The number of aliphatic hydroxyl groups excluding tert-OH is 1. The Kier molecular flexibility index (Phi) is 5.13.